The van der Waals surface area contributed by atoms with Crippen molar-refractivity contribution in [2.45, 2.75) is 44.9 Å². The summed E-state index contributed by atoms with van der Waals surface area (Å²) in [4.78, 5) is 20.1. The van der Waals surface area contributed by atoms with Gasteiger partial charge in [-0.05, 0) is 49.1 Å². The summed E-state index contributed by atoms with van der Waals surface area (Å²) in [5, 5.41) is 7.60. The van der Waals surface area contributed by atoms with E-state index in [0.29, 0.717) is 36.2 Å². The molecule has 1 atom stereocenters. The maximum absolute atomic E-state index is 14.3. The van der Waals surface area contributed by atoms with Crippen molar-refractivity contribution < 1.29 is 13.9 Å². The normalized spacial score (nSPS) is 15.0. The van der Waals surface area contributed by atoms with Gasteiger partial charge in [-0.25, -0.2) is 9.37 Å². The Morgan fingerprint density at radius 1 is 1.10 bits per heavy atom. The number of carbonyl (C=O) groups excluding carboxylic acids is 1. The number of nitrogens with one attached hydrogen (secondary N) is 1. The summed E-state index contributed by atoms with van der Waals surface area (Å²) in [6, 6.07) is 19.7. The van der Waals surface area contributed by atoms with E-state index >= 15 is 0 Å². The molecule has 5 N–H and O–H groups in total. The van der Waals surface area contributed by atoms with Gasteiger partial charge in [0.2, 0.25) is 0 Å². The molecule has 1 fully saturated rings. The van der Waals surface area contributed by atoms with Gasteiger partial charge in [0.1, 0.15) is 17.5 Å². The number of imidazole rings is 1. The molecule has 1 saturated heterocycles. The van der Waals surface area contributed by atoms with Crippen LogP contribution in [0.4, 0.5) is 4.39 Å². The van der Waals surface area contributed by atoms with E-state index in [-0.39, 0.29) is 36.8 Å². The van der Waals surface area contributed by atoms with E-state index in [9.17, 15) is 9.18 Å². The molecule has 1 aliphatic rings. The molecule has 0 saturated carbocycles. The van der Waals surface area contributed by atoms with Gasteiger partial charge in [0, 0.05) is 49.4 Å². The Morgan fingerprint density at radius 2 is 1.88 bits per heavy atom. The number of benzene rings is 3. The van der Waals surface area contributed by atoms with E-state index in [4.69, 9.17) is 26.6 Å². The third-order valence-electron chi connectivity index (χ3n) is 7.39. The van der Waals surface area contributed by atoms with Gasteiger partial charge in [-0.15, -0.1) is 0 Å². The number of amides is 1. The number of rotatable bonds is 11. The molecule has 1 aliphatic heterocycles. The average molecular weight is 543 g/mol. The molecule has 1 aromatic heterocycles. The standard InChI is InChI=1S/C31H35FN6O2/c32-26-6-2-1-4-24(26)19-37(16-15-33)31(39)23-12-13-28-27(18-23)36-29(38(28)20-25-5-3-17-40-25)14-9-21-7-10-22(11-8-21)30(34)35/h1-2,4,6-8,10-13,18,25H,3,5,9,14-17,19-20,33H2,(H3,34,35). The number of carbonyl (C=O) groups is 1. The fourth-order valence-corrected chi connectivity index (χ4v) is 5.23. The number of ether oxygens (including phenoxy) is 1. The van der Waals surface area contributed by atoms with E-state index in [1.807, 2.05) is 42.5 Å². The first-order chi connectivity index (χ1) is 19.4. The summed E-state index contributed by atoms with van der Waals surface area (Å²) < 4.78 is 22.5. The first-order valence-corrected chi connectivity index (χ1v) is 13.7. The minimum Gasteiger partial charge on any atom is -0.384 e. The zero-order valence-corrected chi connectivity index (χ0v) is 22.5. The number of nitrogens with zero attached hydrogens (tertiary/aromatic N) is 3. The van der Waals surface area contributed by atoms with Crippen LogP contribution in [0, 0.1) is 11.2 Å². The molecule has 3 aromatic carbocycles. The van der Waals surface area contributed by atoms with Gasteiger partial charge in [0.15, 0.2) is 0 Å². The van der Waals surface area contributed by atoms with Crippen LogP contribution in [0.3, 0.4) is 0 Å². The van der Waals surface area contributed by atoms with Crippen LogP contribution in [0.2, 0.25) is 0 Å². The predicted molar refractivity (Wildman–Crippen MR) is 154 cm³/mol. The summed E-state index contributed by atoms with van der Waals surface area (Å²) in [5.41, 5.74) is 15.9. The molecule has 0 aliphatic carbocycles. The highest BCUT2D eigenvalue weighted by Gasteiger charge is 2.22. The Bertz CT molecular complexity index is 1490. The largest absolute Gasteiger partial charge is 0.384 e. The Labute approximate surface area is 233 Å². The van der Waals surface area contributed by atoms with Gasteiger partial charge >= 0.3 is 0 Å². The fourth-order valence-electron chi connectivity index (χ4n) is 5.23. The van der Waals surface area contributed by atoms with E-state index in [2.05, 4.69) is 4.57 Å². The van der Waals surface area contributed by atoms with Crippen molar-refractivity contribution in [2.75, 3.05) is 19.7 Å². The number of aromatic nitrogens is 2. The second kappa shape index (κ2) is 12.4. The SMILES string of the molecule is N=C(N)c1ccc(CCc2nc3cc(C(=O)N(CCN)Cc4ccccc4F)ccc3n2CC2CCCO2)cc1. The highest BCUT2D eigenvalue weighted by Crippen LogP contribution is 2.24. The van der Waals surface area contributed by atoms with Crippen LogP contribution in [0.25, 0.3) is 11.0 Å². The minimum absolute atomic E-state index is 0.0502. The topological polar surface area (TPSA) is 123 Å². The summed E-state index contributed by atoms with van der Waals surface area (Å²) in [7, 11) is 0. The highest BCUT2D eigenvalue weighted by molar-refractivity contribution is 5.97. The van der Waals surface area contributed by atoms with Crippen LogP contribution in [-0.2, 0) is 30.7 Å². The zero-order chi connectivity index (χ0) is 28.1. The molecule has 4 aromatic rings. The van der Waals surface area contributed by atoms with Crippen molar-refractivity contribution in [1.29, 1.82) is 5.41 Å². The van der Waals surface area contributed by atoms with E-state index in [1.165, 1.54) is 6.07 Å². The first-order valence-electron chi connectivity index (χ1n) is 13.7. The van der Waals surface area contributed by atoms with E-state index in [1.54, 1.807) is 23.1 Å². The molecule has 2 heterocycles. The molecule has 5 rings (SSSR count). The number of hydrogen-bond acceptors (Lipinski definition) is 5. The van der Waals surface area contributed by atoms with Crippen LogP contribution in [0.1, 0.15) is 45.7 Å². The quantitative estimate of drug-likeness (QED) is 0.195. The average Bonchev–Trinajstić information content (AvgIpc) is 3.60. The van der Waals surface area contributed by atoms with Crippen LogP contribution in [0.15, 0.2) is 66.7 Å². The van der Waals surface area contributed by atoms with E-state index in [0.717, 1.165) is 48.3 Å². The van der Waals surface area contributed by atoms with Crippen LogP contribution in [-0.4, -0.2) is 52.0 Å². The van der Waals surface area contributed by atoms with Gasteiger partial charge in [0.05, 0.1) is 23.7 Å². The van der Waals surface area contributed by atoms with E-state index < -0.39 is 0 Å². The number of nitrogen functional groups attached to an aromatic ring is 1. The van der Waals surface area contributed by atoms with Gasteiger partial charge in [-0.3, -0.25) is 10.2 Å². The Kier molecular flexibility index (Phi) is 8.52. The lowest BCUT2D eigenvalue weighted by molar-refractivity contribution is 0.0747. The Morgan fingerprint density at radius 3 is 2.58 bits per heavy atom. The monoisotopic (exact) mass is 542 g/mol. The maximum atomic E-state index is 14.3. The third kappa shape index (κ3) is 6.21. The number of fused-ring (bicyclic) bond motifs is 1. The van der Waals surface area contributed by atoms with Crippen molar-refractivity contribution in [2.24, 2.45) is 11.5 Å². The lowest BCUT2D eigenvalue weighted by atomic mass is 10.1. The van der Waals surface area contributed by atoms with Crippen molar-refractivity contribution in [1.82, 2.24) is 14.5 Å². The highest BCUT2D eigenvalue weighted by atomic mass is 19.1. The van der Waals surface area contributed by atoms with Crippen molar-refractivity contribution >= 4 is 22.8 Å². The van der Waals surface area contributed by atoms with Crippen LogP contribution >= 0.6 is 0 Å². The molecule has 0 bridgehead atoms. The Balaban J connectivity index is 1.41. The lowest BCUT2D eigenvalue weighted by Crippen LogP contribution is -2.35. The Hall–Kier alpha value is -4.08. The molecule has 9 heteroatoms. The maximum Gasteiger partial charge on any atom is 0.254 e. The van der Waals surface area contributed by atoms with Gasteiger partial charge in [-0.2, -0.15) is 0 Å². The van der Waals surface area contributed by atoms with Gasteiger partial charge in [-0.1, -0.05) is 42.5 Å². The van der Waals surface area contributed by atoms with Crippen molar-refractivity contribution in [3.63, 3.8) is 0 Å². The minimum atomic E-state index is -0.346. The number of amidine groups is 1. The molecular formula is C31H35FN6O2. The summed E-state index contributed by atoms with van der Waals surface area (Å²) in [6.45, 7) is 2.20. The summed E-state index contributed by atoms with van der Waals surface area (Å²) >= 11 is 0. The van der Waals surface area contributed by atoms with Crippen LogP contribution in [0.5, 0.6) is 0 Å². The van der Waals surface area contributed by atoms with Crippen molar-refractivity contribution in [3.05, 3.63) is 101 Å². The zero-order valence-electron chi connectivity index (χ0n) is 22.5. The first kappa shape index (κ1) is 27.5. The molecular weight excluding hydrogens is 507 g/mol. The number of nitrogens with two attached hydrogens (primary N) is 2. The molecule has 0 radical (unpaired) electrons. The molecule has 1 unspecified atom stereocenters. The molecule has 1 amide bonds. The van der Waals surface area contributed by atoms with Crippen LogP contribution < -0.4 is 11.5 Å². The summed E-state index contributed by atoms with van der Waals surface area (Å²) in [6.07, 6.45) is 3.66. The smallest absolute Gasteiger partial charge is 0.254 e. The number of aryl methyl sites for hydroxylation is 2. The predicted octanol–water partition coefficient (Wildman–Crippen LogP) is 4.02. The fraction of sp³-hybridized carbons (Fsp3) is 0.323. The molecule has 0 spiro atoms. The molecule has 8 nitrogen and oxygen atoms in total. The second-order valence-corrected chi connectivity index (χ2v) is 10.2. The lowest BCUT2D eigenvalue weighted by Gasteiger charge is -2.22. The third-order valence-corrected chi connectivity index (χ3v) is 7.39. The summed E-state index contributed by atoms with van der Waals surface area (Å²) in [5.74, 6) is 0.419. The molecule has 208 valence electrons. The second-order valence-electron chi connectivity index (χ2n) is 10.2. The molecule has 40 heavy (non-hydrogen) atoms. The number of halogens is 1. The number of hydrogen-bond donors (Lipinski definition) is 3. The van der Waals surface area contributed by atoms with Gasteiger partial charge in [0.25, 0.3) is 5.91 Å². The van der Waals surface area contributed by atoms with Crippen molar-refractivity contribution in [3.8, 4) is 0 Å². The van der Waals surface area contributed by atoms with Gasteiger partial charge < -0.3 is 25.7 Å².